The molecule has 0 aliphatic heterocycles. The molecule has 0 saturated carbocycles. The second-order valence-electron chi connectivity index (χ2n) is 5.75. The first-order chi connectivity index (χ1) is 11.2. The van der Waals surface area contributed by atoms with Gasteiger partial charge in [-0.2, -0.15) is 39.5 Å². The van der Waals surface area contributed by atoms with Gasteiger partial charge in [0.05, 0.1) is 25.4 Å². The molecule has 3 unspecified atom stereocenters. The fraction of sp³-hybridized carbons (Fsp3) is 1.00. The predicted octanol–water partition coefficient (Wildman–Crippen LogP) is 3.63. The molecule has 0 aromatic carbocycles. The quantitative estimate of drug-likeness (QED) is 0.595. The van der Waals surface area contributed by atoms with Crippen molar-refractivity contribution in [2.24, 2.45) is 0 Å². The zero-order valence-corrected chi connectivity index (χ0v) is 12.9. The minimum Gasteiger partial charge on any atom is -0.391 e. The first-order valence-electron chi connectivity index (χ1n) is 6.76. The molecule has 0 aliphatic rings. The third-order valence-corrected chi connectivity index (χ3v) is 3.25. The Morgan fingerprint density at radius 2 is 1.00 bits per heavy atom. The Hall–Kier alpha value is -0.890. The van der Waals surface area contributed by atoms with Crippen LogP contribution in [0, 0.1) is 0 Å². The third-order valence-electron chi connectivity index (χ3n) is 3.25. The summed E-state index contributed by atoms with van der Waals surface area (Å²) in [5.74, 6) is 0. The minimum absolute atomic E-state index is 0.0924. The van der Waals surface area contributed by atoms with E-state index < -0.39 is 68.1 Å². The van der Waals surface area contributed by atoms with Crippen LogP contribution in [0.5, 0.6) is 0 Å². The molecule has 0 bridgehead atoms. The number of halogens is 11. The van der Waals surface area contributed by atoms with Crippen molar-refractivity contribution in [2.45, 2.75) is 61.8 Å². The van der Waals surface area contributed by atoms with Crippen LogP contribution < -0.4 is 0 Å². The first-order valence-corrected chi connectivity index (χ1v) is 6.76. The Balaban J connectivity index is 4.66. The Kier molecular flexibility index (Phi) is 7.73. The molecule has 0 aromatic heterocycles. The van der Waals surface area contributed by atoms with E-state index >= 15 is 0 Å². The van der Waals surface area contributed by atoms with Crippen LogP contribution in [0.4, 0.5) is 48.3 Å². The summed E-state index contributed by atoms with van der Waals surface area (Å²) in [7, 11) is 0. The standard InChI is InChI=1S/C12H15F11O3/c1-8(13,10(15,16)17)2-6(24)4-26-5-7(25)3-9(14,11(18,19)20)12(21,22)23/h6-7,24-25H,2-5H2,1H3. The second kappa shape index (κ2) is 8.00. The van der Waals surface area contributed by atoms with Crippen molar-refractivity contribution in [1.82, 2.24) is 0 Å². The summed E-state index contributed by atoms with van der Waals surface area (Å²) in [6.07, 6.45) is -27.0. The molecule has 158 valence electrons. The zero-order valence-electron chi connectivity index (χ0n) is 12.9. The van der Waals surface area contributed by atoms with Crippen LogP contribution in [-0.4, -0.2) is 65.5 Å². The summed E-state index contributed by atoms with van der Waals surface area (Å²) >= 11 is 0. The van der Waals surface area contributed by atoms with Crippen LogP contribution in [0.25, 0.3) is 0 Å². The van der Waals surface area contributed by atoms with Crippen LogP contribution in [0.1, 0.15) is 19.8 Å². The number of ether oxygens (including phenoxy) is 1. The van der Waals surface area contributed by atoms with Gasteiger partial charge in [-0.05, 0) is 6.92 Å². The van der Waals surface area contributed by atoms with Crippen LogP contribution in [0.3, 0.4) is 0 Å². The number of hydrogen-bond donors (Lipinski definition) is 2. The van der Waals surface area contributed by atoms with E-state index in [-0.39, 0.29) is 6.92 Å². The highest BCUT2D eigenvalue weighted by atomic mass is 19.4. The van der Waals surface area contributed by atoms with Gasteiger partial charge in [-0.3, -0.25) is 0 Å². The van der Waals surface area contributed by atoms with E-state index in [1.165, 1.54) is 0 Å². The van der Waals surface area contributed by atoms with Crippen LogP contribution in [-0.2, 0) is 4.74 Å². The van der Waals surface area contributed by atoms with Crippen molar-refractivity contribution in [2.75, 3.05) is 13.2 Å². The van der Waals surface area contributed by atoms with E-state index in [4.69, 9.17) is 5.11 Å². The summed E-state index contributed by atoms with van der Waals surface area (Å²) < 4.78 is 141. The van der Waals surface area contributed by atoms with E-state index in [0.717, 1.165) is 0 Å². The monoisotopic (exact) mass is 416 g/mol. The van der Waals surface area contributed by atoms with Gasteiger partial charge in [0.2, 0.25) is 5.67 Å². The molecule has 3 atom stereocenters. The van der Waals surface area contributed by atoms with Gasteiger partial charge in [-0.25, -0.2) is 8.78 Å². The largest absolute Gasteiger partial charge is 0.431 e. The molecule has 0 rings (SSSR count). The van der Waals surface area contributed by atoms with Crippen molar-refractivity contribution < 1.29 is 63.2 Å². The number of aliphatic hydroxyl groups is 2. The molecule has 0 saturated heterocycles. The van der Waals surface area contributed by atoms with Crippen molar-refractivity contribution in [1.29, 1.82) is 0 Å². The van der Waals surface area contributed by atoms with Crippen molar-refractivity contribution in [3.05, 3.63) is 0 Å². The van der Waals surface area contributed by atoms with E-state index in [1.807, 2.05) is 0 Å². The lowest BCUT2D eigenvalue weighted by molar-refractivity contribution is -0.348. The molecule has 0 aromatic rings. The first kappa shape index (κ1) is 25.1. The number of alkyl halides is 11. The average molecular weight is 416 g/mol. The van der Waals surface area contributed by atoms with Gasteiger partial charge >= 0.3 is 24.2 Å². The maximum Gasteiger partial charge on any atom is 0.431 e. The van der Waals surface area contributed by atoms with E-state index in [1.54, 1.807) is 0 Å². The smallest absolute Gasteiger partial charge is 0.391 e. The lowest BCUT2D eigenvalue weighted by Gasteiger charge is -2.31. The lowest BCUT2D eigenvalue weighted by Crippen LogP contribution is -2.55. The summed E-state index contributed by atoms with van der Waals surface area (Å²) in [6.45, 7) is -2.43. The van der Waals surface area contributed by atoms with Crippen LogP contribution >= 0.6 is 0 Å². The van der Waals surface area contributed by atoms with Crippen LogP contribution in [0.15, 0.2) is 0 Å². The van der Waals surface area contributed by atoms with Gasteiger partial charge in [0.15, 0.2) is 0 Å². The molecule has 2 N–H and O–H groups in total. The summed E-state index contributed by atoms with van der Waals surface area (Å²) in [5, 5.41) is 18.3. The molecule has 0 fully saturated rings. The molecule has 14 heteroatoms. The molecular formula is C12H15F11O3. The number of aliphatic hydroxyl groups excluding tert-OH is 2. The molecule has 26 heavy (non-hydrogen) atoms. The highest BCUT2D eigenvalue weighted by Gasteiger charge is 2.72. The average Bonchev–Trinajstić information content (AvgIpc) is 2.33. The maximum absolute atomic E-state index is 13.3. The minimum atomic E-state index is -6.39. The van der Waals surface area contributed by atoms with Gasteiger partial charge in [0, 0.05) is 12.8 Å². The van der Waals surface area contributed by atoms with Gasteiger partial charge in [0.25, 0.3) is 0 Å². The molecule has 0 heterocycles. The van der Waals surface area contributed by atoms with Gasteiger partial charge in [0.1, 0.15) is 0 Å². The zero-order chi connectivity index (χ0) is 21.2. The van der Waals surface area contributed by atoms with Gasteiger partial charge in [-0.15, -0.1) is 0 Å². The van der Waals surface area contributed by atoms with Crippen LogP contribution in [0.2, 0.25) is 0 Å². The maximum atomic E-state index is 13.3. The Bertz CT molecular complexity index is 427. The Morgan fingerprint density at radius 1 is 0.654 bits per heavy atom. The number of hydrogen-bond acceptors (Lipinski definition) is 3. The van der Waals surface area contributed by atoms with E-state index in [2.05, 4.69) is 4.74 Å². The summed E-state index contributed by atoms with van der Waals surface area (Å²) in [4.78, 5) is 0. The predicted molar refractivity (Wildman–Crippen MR) is 63.6 cm³/mol. The highest BCUT2D eigenvalue weighted by Crippen LogP contribution is 2.49. The van der Waals surface area contributed by atoms with Gasteiger partial charge in [-0.1, -0.05) is 0 Å². The van der Waals surface area contributed by atoms with Gasteiger partial charge < -0.3 is 14.9 Å². The summed E-state index contributed by atoms with van der Waals surface area (Å²) in [6, 6.07) is 0. The topological polar surface area (TPSA) is 49.7 Å². The van der Waals surface area contributed by atoms with E-state index in [0.29, 0.717) is 0 Å². The summed E-state index contributed by atoms with van der Waals surface area (Å²) in [5.41, 5.74) is -9.58. The SMILES string of the molecule is CC(F)(CC(O)COCC(O)CC(F)(C(F)(F)F)C(F)(F)F)C(F)(F)F. The third kappa shape index (κ3) is 6.37. The molecule has 3 nitrogen and oxygen atoms in total. The second-order valence-corrected chi connectivity index (χ2v) is 5.75. The van der Waals surface area contributed by atoms with Crippen molar-refractivity contribution >= 4 is 0 Å². The Morgan fingerprint density at radius 3 is 1.31 bits per heavy atom. The lowest BCUT2D eigenvalue weighted by atomic mass is 9.97. The normalized spacial score (nSPS) is 19.2. The fourth-order valence-electron chi connectivity index (χ4n) is 1.73. The molecular weight excluding hydrogens is 401 g/mol. The Labute approximate surface area is 139 Å². The van der Waals surface area contributed by atoms with Crippen molar-refractivity contribution in [3.8, 4) is 0 Å². The highest BCUT2D eigenvalue weighted by molar-refractivity contribution is 4.96. The number of rotatable bonds is 8. The molecule has 0 spiro atoms. The molecule has 0 aliphatic carbocycles. The van der Waals surface area contributed by atoms with Crippen molar-refractivity contribution in [3.63, 3.8) is 0 Å². The fourth-order valence-corrected chi connectivity index (χ4v) is 1.73. The molecule has 0 amide bonds. The van der Waals surface area contributed by atoms with E-state index in [9.17, 15) is 53.4 Å². The molecule has 0 radical (unpaired) electrons.